The number of nitrogens with zero attached hydrogens (tertiary/aromatic N) is 3. The van der Waals surface area contributed by atoms with Gasteiger partial charge in [0.1, 0.15) is 0 Å². The van der Waals surface area contributed by atoms with Gasteiger partial charge in [-0.3, -0.25) is 14.4 Å². The molecule has 0 saturated heterocycles. The summed E-state index contributed by atoms with van der Waals surface area (Å²) in [6.45, 7) is 5.64. The van der Waals surface area contributed by atoms with Crippen LogP contribution in [0.25, 0.3) is 5.69 Å². The van der Waals surface area contributed by atoms with E-state index in [9.17, 15) is 27.6 Å². The van der Waals surface area contributed by atoms with Crippen LogP contribution < -0.4 is 10.7 Å². The van der Waals surface area contributed by atoms with Crippen molar-refractivity contribution in [3.8, 4) is 5.69 Å². The molecule has 1 heterocycles. The molecule has 2 rings (SSSR count). The maximum atomic E-state index is 13.1. The standard InChI is InChI=1S/C21H25F3N4O3/c1-4-9-25-18(30)13-27(10-5-2)20(31)19-17(29)11-14(3)28(26-19)16-8-6-7-15(12-16)21(22,23)24/h6-8,11-12H,4-5,9-10,13H2,1-3H3,(H,25,30). The SMILES string of the molecule is CCCNC(=O)CN(CCC)C(=O)c1nn(-c2cccc(C(F)(F)F)c2)c(C)cc1=O. The van der Waals surface area contributed by atoms with E-state index < -0.39 is 28.8 Å². The van der Waals surface area contributed by atoms with Gasteiger partial charge in [-0.05, 0) is 38.0 Å². The van der Waals surface area contributed by atoms with Crippen molar-refractivity contribution in [2.75, 3.05) is 19.6 Å². The number of carbonyl (C=O) groups excluding carboxylic acids is 2. The van der Waals surface area contributed by atoms with Crippen LogP contribution in [-0.4, -0.2) is 46.1 Å². The Hall–Kier alpha value is -3.17. The Bertz CT molecular complexity index is 1000. The molecule has 2 amide bonds. The van der Waals surface area contributed by atoms with E-state index in [2.05, 4.69) is 10.4 Å². The van der Waals surface area contributed by atoms with Gasteiger partial charge in [0.25, 0.3) is 5.91 Å². The molecular formula is C21H25F3N4O3. The van der Waals surface area contributed by atoms with E-state index in [0.29, 0.717) is 13.0 Å². The van der Waals surface area contributed by atoms with Gasteiger partial charge in [-0.15, -0.1) is 0 Å². The van der Waals surface area contributed by atoms with Gasteiger partial charge in [-0.2, -0.15) is 18.3 Å². The molecule has 7 nitrogen and oxygen atoms in total. The van der Waals surface area contributed by atoms with Crippen LogP contribution in [0.1, 0.15) is 48.4 Å². The Labute approximate surface area is 177 Å². The molecule has 1 aromatic carbocycles. The number of aryl methyl sites for hydroxylation is 1. The Morgan fingerprint density at radius 3 is 2.48 bits per heavy atom. The molecule has 2 aromatic rings. The third-order valence-electron chi connectivity index (χ3n) is 4.42. The van der Waals surface area contributed by atoms with Crippen molar-refractivity contribution in [1.29, 1.82) is 0 Å². The summed E-state index contributed by atoms with van der Waals surface area (Å²) in [7, 11) is 0. The molecule has 0 saturated carbocycles. The quantitative estimate of drug-likeness (QED) is 0.687. The van der Waals surface area contributed by atoms with Crippen molar-refractivity contribution in [1.82, 2.24) is 20.0 Å². The highest BCUT2D eigenvalue weighted by Gasteiger charge is 2.31. The van der Waals surface area contributed by atoms with Crippen LogP contribution in [0.2, 0.25) is 0 Å². The number of halogens is 3. The van der Waals surface area contributed by atoms with Crippen LogP contribution in [0, 0.1) is 6.92 Å². The highest BCUT2D eigenvalue weighted by atomic mass is 19.4. The molecule has 1 aromatic heterocycles. The second-order valence-electron chi connectivity index (χ2n) is 7.04. The average Bonchev–Trinajstić information content (AvgIpc) is 2.71. The normalized spacial score (nSPS) is 11.3. The lowest BCUT2D eigenvalue weighted by Gasteiger charge is -2.21. The summed E-state index contributed by atoms with van der Waals surface area (Å²) in [5.74, 6) is -1.12. The lowest BCUT2D eigenvalue weighted by atomic mass is 10.2. The number of benzene rings is 1. The predicted molar refractivity (Wildman–Crippen MR) is 109 cm³/mol. The Morgan fingerprint density at radius 2 is 1.87 bits per heavy atom. The van der Waals surface area contributed by atoms with Crippen LogP contribution in [0.4, 0.5) is 13.2 Å². The number of rotatable bonds is 8. The first-order valence-electron chi connectivity index (χ1n) is 9.93. The first-order valence-corrected chi connectivity index (χ1v) is 9.93. The second kappa shape index (κ2) is 10.2. The van der Waals surface area contributed by atoms with Crippen LogP contribution in [-0.2, 0) is 11.0 Å². The van der Waals surface area contributed by atoms with Crippen molar-refractivity contribution in [2.45, 2.75) is 39.8 Å². The van der Waals surface area contributed by atoms with Crippen LogP contribution in [0.5, 0.6) is 0 Å². The first kappa shape index (κ1) is 24.1. The van der Waals surface area contributed by atoms with Gasteiger partial charge in [-0.1, -0.05) is 19.9 Å². The van der Waals surface area contributed by atoms with Crippen LogP contribution in [0.3, 0.4) is 0 Å². The molecule has 31 heavy (non-hydrogen) atoms. The fraction of sp³-hybridized carbons (Fsp3) is 0.429. The molecule has 0 aliphatic rings. The average molecular weight is 438 g/mol. The van der Waals surface area contributed by atoms with E-state index in [1.165, 1.54) is 24.0 Å². The van der Waals surface area contributed by atoms with Crippen molar-refractivity contribution in [3.63, 3.8) is 0 Å². The molecule has 1 N–H and O–H groups in total. The predicted octanol–water partition coefficient (Wildman–Crippen LogP) is 2.94. The van der Waals surface area contributed by atoms with Gasteiger partial charge >= 0.3 is 6.18 Å². The van der Waals surface area contributed by atoms with E-state index in [0.717, 1.165) is 29.3 Å². The summed E-state index contributed by atoms with van der Waals surface area (Å²) in [4.78, 5) is 38.7. The lowest BCUT2D eigenvalue weighted by Crippen LogP contribution is -2.43. The summed E-state index contributed by atoms with van der Waals surface area (Å²) in [6, 6.07) is 5.57. The summed E-state index contributed by atoms with van der Waals surface area (Å²) >= 11 is 0. The minimum Gasteiger partial charge on any atom is -0.355 e. The summed E-state index contributed by atoms with van der Waals surface area (Å²) in [6.07, 6.45) is -3.28. The summed E-state index contributed by atoms with van der Waals surface area (Å²) in [5.41, 5.74) is -1.67. The minimum absolute atomic E-state index is 0.0594. The van der Waals surface area contributed by atoms with Crippen molar-refractivity contribution >= 4 is 11.8 Å². The van der Waals surface area contributed by atoms with Gasteiger partial charge < -0.3 is 10.2 Å². The first-order chi connectivity index (χ1) is 14.6. The van der Waals surface area contributed by atoms with E-state index in [-0.39, 0.29) is 30.4 Å². The van der Waals surface area contributed by atoms with Crippen molar-refractivity contribution in [2.24, 2.45) is 0 Å². The third kappa shape index (κ3) is 6.16. The van der Waals surface area contributed by atoms with Gasteiger partial charge in [-0.25, -0.2) is 4.68 Å². The molecule has 0 fully saturated rings. The van der Waals surface area contributed by atoms with Crippen molar-refractivity contribution in [3.05, 3.63) is 57.5 Å². The maximum Gasteiger partial charge on any atom is 0.416 e. The monoisotopic (exact) mass is 438 g/mol. The number of amides is 2. The topological polar surface area (TPSA) is 84.3 Å². The Kier molecular flexibility index (Phi) is 7.95. The second-order valence-corrected chi connectivity index (χ2v) is 7.04. The number of hydrogen-bond donors (Lipinski definition) is 1. The zero-order valence-corrected chi connectivity index (χ0v) is 17.6. The Balaban J connectivity index is 2.44. The largest absolute Gasteiger partial charge is 0.416 e. The summed E-state index contributed by atoms with van der Waals surface area (Å²) in [5, 5.41) is 6.72. The number of aromatic nitrogens is 2. The molecule has 0 spiro atoms. The molecule has 0 radical (unpaired) electrons. The highest BCUT2D eigenvalue weighted by Crippen LogP contribution is 2.30. The van der Waals surface area contributed by atoms with E-state index in [1.54, 1.807) is 0 Å². The molecule has 0 atom stereocenters. The zero-order valence-electron chi connectivity index (χ0n) is 17.6. The molecule has 0 unspecified atom stereocenters. The van der Waals surface area contributed by atoms with E-state index in [1.807, 2.05) is 13.8 Å². The molecule has 0 aliphatic carbocycles. The number of nitrogens with one attached hydrogen (secondary N) is 1. The Morgan fingerprint density at radius 1 is 1.16 bits per heavy atom. The van der Waals surface area contributed by atoms with Gasteiger partial charge in [0.2, 0.25) is 11.3 Å². The van der Waals surface area contributed by atoms with Gasteiger partial charge in [0.15, 0.2) is 5.69 Å². The fourth-order valence-corrected chi connectivity index (χ4v) is 2.94. The third-order valence-corrected chi connectivity index (χ3v) is 4.42. The van der Waals surface area contributed by atoms with Gasteiger partial charge in [0, 0.05) is 24.8 Å². The highest BCUT2D eigenvalue weighted by molar-refractivity contribution is 5.94. The molecule has 10 heteroatoms. The van der Waals surface area contributed by atoms with E-state index >= 15 is 0 Å². The smallest absolute Gasteiger partial charge is 0.355 e. The summed E-state index contributed by atoms with van der Waals surface area (Å²) < 4.78 is 40.4. The molecular weight excluding hydrogens is 413 g/mol. The fourth-order valence-electron chi connectivity index (χ4n) is 2.94. The minimum atomic E-state index is -4.55. The maximum absolute atomic E-state index is 13.1. The number of alkyl halides is 3. The van der Waals surface area contributed by atoms with Gasteiger partial charge in [0.05, 0.1) is 17.8 Å². The van der Waals surface area contributed by atoms with E-state index in [4.69, 9.17) is 0 Å². The zero-order chi connectivity index (χ0) is 23.2. The number of hydrogen-bond acceptors (Lipinski definition) is 4. The molecule has 168 valence electrons. The molecule has 0 bridgehead atoms. The van der Waals surface area contributed by atoms with Crippen LogP contribution >= 0.6 is 0 Å². The van der Waals surface area contributed by atoms with Crippen LogP contribution in [0.15, 0.2) is 35.1 Å². The lowest BCUT2D eigenvalue weighted by molar-refractivity contribution is -0.137. The van der Waals surface area contributed by atoms with Crippen molar-refractivity contribution < 1.29 is 22.8 Å². The molecule has 0 aliphatic heterocycles. The number of carbonyl (C=O) groups is 2.